The Morgan fingerprint density at radius 2 is 1.93 bits per heavy atom. The quantitative estimate of drug-likeness (QED) is 0.640. The molecule has 15 heavy (non-hydrogen) atoms. The van der Waals surface area contributed by atoms with Gasteiger partial charge in [0.2, 0.25) is 0 Å². The summed E-state index contributed by atoms with van der Waals surface area (Å²) in [7, 11) is 0. The minimum Gasteiger partial charge on any atom is -0.300 e. The third kappa shape index (κ3) is 2.11. The van der Waals surface area contributed by atoms with Crippen molar-refractivity contribution in [2.45, 2.75) is 59.3 Å². The molecular weight excluding hydrogens is 184 g/mol. The first-order valence-electron chi connectivity index (χ1n) is 6.51. The molecule has 0 spiro atoms. The first-order valence-corrected chi connectivity index (χ1v) is 6.51. The van der Waals surface area contributed by atoms with Crippen molar-refractivity contribution in [1.82, 2.24) is 0 Å². The Morgan fingerprint density at radius 3 is 2.60 bits per heavy atom. The smallest absolute Gasteiger partial charge is 0.132 e. The Hall–Kier alpha value is -0.330. The van der Waals surface area contributed by atoms with Gasteiger partial charge in [-0.1, -0.05) is 26.7 Å². The first-order chi connectivity index (χ1) is 7.00. The van der Waals surface area contributed by atoms with Gasteiger partial charge in [-0.25, -0.2) is 0 Å². The zero-order valence-corrected chi connectivity index (χ0v) is 10.4. The van der Waals surface area contributed by atoms with Crippen LogP contribution in [0.15, 0.2) is 0 Å². The summed E-state index contributed by atoms with van der Waals surface area (Å²) in [6.45, 7) is 6.60. The topological polar surface area (TPSA) is 17.1 Å². The van der Waals surface area contributed by atoms with Gasteiger partial charge in [-0.2, -0.15) is 0 Å². The minimum atomic E-state index is 0.378. The minimum absolute atomic E-state index is 0.378. The van der Waals surface area contributed by atoms with E-state index in [-0.39, 0.29) is 0 Å². The standard InChI is InChI=1S/C14H24O/c1-10(15)12-7-6-11-5-4-8-14(2,3)13(11)9-12/h11-13H,4-9H2,1-3H3/t11-,12-,13-/m1/s1. The molecule has 0 aliphatic heterocycles. The molecule has 0 heterocycles. The van der Waals surface area contributed by atoms with Crippen LogP contribution in [0.1, 0.15) is 59.3 Å². The Balaban J connectivity index is 2.10. The second-order valence-corrected chi connectivity index (χ2v) is 6.37. The Morgan fingerprint density at radius 1 is 1.20 bits per heavy atom. The highest BCUT2D eigenvalue weighted by atomic mass is 16.1. The number of Topliss-reactive ketones (excluding diaryl/α,β-unsaturated/α-hetero) is 1. The van der Waals surface area contributed by atoms with Gasteiger partial charge in [0.05, 0.1) is 0 Å². The molecule has 0 unspecified atom stereocenters. The molecular formula is C14H24O. The average Bonchev–Trinajstić information content (AvgIpc) is 2.17. The van der Waals surface area contributed by atoms with Gasteiger partial charge in [0, 0.05) is 5.92 Å². The van der Waals surface area contributed by atoms with Crippen LogP contribution >= 0.6 is 0 Å². The van der Waals surface area contributed by atoms with Crippen LogP contribution in [0.25, 0.3) is 0 Å². The SMILES string of the molecule is CC(=O)[C@@H]1CC[C@H]2CCCC(C)(C)[C@@H]2C1. The zero-order valence-electron chi connectivity index (χ0n) is 10.4. The molecule has 2 fully saturated rings. The number of fused-ring (bicyclic) bond motifs is 1. The Labute approximate surface area is 93.6 Å². The summed E-state index contributed by atoms with van der Waals surface area (Å²) in [6.07, 6.45) is 7.81. The van der Waals surface area contributed by atoms with E-state index in [9.17, 15) is 4.79 Å². The van der Waals surface area contributed by atoms with Gasteiger partial charge in [0.25, 0.3) is 0 Å². The summed E-state index contributed by atoms with van der Waals surface area (Å²) >= 11 is 0. The molecule has 0 radical (unpaired) electrons. The van der Waals surface area contributed by atoms with Crippen LogP contribution < -0.4 is 0 Å². The van der Waals surface area contributed by atoms with Crippen molar-refractivity contribution in [2.75, 3.05) is 0 Å². The normalized spacial score (nSPS) is 39.5. The fourth-order valence-electron chi connectivity index (χ4n) is 3.91. The second kappa shape index (κ2) is 3.92. The van der Waals surface area contributed by atoms with Crippen LogP contribution in [0.3, 0.4) is 0 Å². The molecule has 0 saturated heterocycles. The van der Waals surface area contributed by atoms with E-state index < -0.39 is 0 Å². The monoisotopic (exact) mass is 208 g/mol. The molecule has 86 valence electrons. The largest absolute Gasteiger partial charge is 0.300 e. The fraction of sp³-hybridized carbons (Fsp3) is 0.929. The summed E-state index contributed by atoms with van der Waals surface area (Å²) in [5, 5.41) is 0. The molecule has 0 bridgehead atoms. The second-order valence-electron chi connectivity index (χ2n) is 6.37. The molecule has 3 atom stereocenters. The maximum atomic E-state index is 11.5. The number of carbonyl (C=O) groups excluding carboxylic acids is 1. The van der Waals surface area contributed by atoms with E-state index in [0.717, 1.165) is 18.3 Å². The maximum absolute atomic E-state index is 11.5. The van der Waals surface area contributed by atoms with Crippen LogP contribution in [0, 0.1) is 23.2 Å². The summed E-state index contributed by atoms with van der Waals surface area (Å²) < 4.78 is 0. The van der Waals surface area contributed by atoms with Gasteiger partial charge >= 0.3 is 0 Å². The molecule has 1 nitrogen and oxygen atoms in total. The van der Waals surface area contributed by atoms with Crippen LogP contribution in [-0.2, 0) is 4.79 Å². The van der Waals surface area contributed by atoms with Crippen LogP contribution in [0.5, 0.6) is 0 Å². The van der Waals surface area contributed by atoms with Gasteiger partial charge < -0.3 is 0 Å². The van der Waals surface area contributed by atoms with E-state index >= 15 is 0 Å². The van der Waals surface area contributed by atoms with Crippen molar-refractivity contribution in [3.8, 4) is 0 Å². The van der Waals surface area contributed by atoms with Gasteiger partial charge in [0.15, 0.2) is 0 Å². The van der Waals surface area contributed by atoms with Crippen molar-refractivity contribution in [3.63, 3.8) is 0 Å². The molecule has 0 amide bonds. The lowest BCUT2D eigenvalue weighted by Gasteiger charge is -2.48. The molecule has 2 aliphatic rings. The molecule has 2 rings (SSSR count). The first kappa shape index (κ1) is 11.2. The van der Waals surface area contributed by atoms with Crippen molar-refractivity contribution >= 4 is 5.78 Å². The van der Waals surface area contributed by atoms with Crippen molar-refractivity contribution < 1.29 is 4.79 Å². The van der Waals surface area contributed by atoms with Gasteiger partial charge in [-0.3, -0.25) is 4.79 Å². The average molecular weight is 208 g/mol. The van der Waals surface area contributed by atoms with E-state index in [2.05, 4.69) is 13.8 Å². The lowest BCUT2D eigenvalue weighted by molar-refractivity contribution is -0.124. The molecule has 0 aromatic carbocycles. The third-order valence-electron chi connectivity index (χ3n) is 4.97. The lowest BCUT2D eigenvalue weighted by atomic mass is 9.57. The summed E-state index contributed by atoms with van der Waals surface area (Å²) in [6, 6.07) is 0. The molecule has 0 aromatic heterocycles. The van der Waals surface area contributed by atoms with Gasteiger partial charge in [0.1, 0.15) is 5.78 Å². The van der Waals surface area contributed by atoms with Crippen LogP contribution in [0.4, 0.5) is 0 Å². The van der Waals surface area contributed by atoms with Crippen molar-refractivity contribution in [2.24, 2.45) is 23.2 Å². The zero-order chi connectivity index (χ0) is 11.1. The maximum Gasteiger partial charge on any atom is 0.132 e. The molecule has 0 aromatic rings. The van der Waals surface area contributed by atoms with E-state index in [1.165, 1.54) is 32.1 Å². The highest BCUT2D eigenvalue weighted by molar-refractivity contribution is 5.78. The molecule has 2 saturated carbocycles. The number of rotatable bonds is 1. The lowest BCUT2D eigenvalue weighted by Crippen LogP contribution is -2.40. The highest BCUT2D eigenvalue weighted by Gasteiger charge is 2.42. The summed E-state index contributed by atoms with van der Waals surface area (Å²) in [5.74, 6) is 2.54. The molecule has 0 N–H and O–H groups in total. The number of hydrogen-bond acceptors (Lipinski definition) is 1. The third-order valence-corrected chi connectivity index (χ3v) is 4.97. The molecule has 2 aliphatic carbocycles. The van der Waals surface area contributed by atoms with Crippen LogP contribution in [0.2, 0.25) is 0 Å². The summed E-state index contributed by atoms with van der Waals surface area (Å²) in [5.41, 5.74) is 0.483. The molecule has 1 heteroatoms. The van der Waals surface area contributed by atoms with Crippen molar-refractivity contribution in [1.29, 1.82) is 0 Å². The Kier molecular flexibility index (Phi) is 2.92. The van der Waals surface area contributed by atoms with E-state index in [1.807, 2.05) is 0 Å². The summed E-state index contributed by atoms with van der Waals surface area (Å²) in [4.78, 5) is 11.5. The predicted octanol–water partition coefficient (Wildman–Crippen LogP) is 3.82. The predicted molar refractivity (Wildman–Crippen MR) is 62.6 cm³/mol. The fourth-order valence-corrected chi connectivity index (χ4v) is 3.91. The van der Waals surface area contributed by atoms with Crippen molar-refractivity contribution in [3.05, 3.63) is 0 Å². The number of ketones is 1. The highest BCUT2D eigenvalue weighted by Crippen LogP contribution is 2.51. The van der Waals surface area contributed by atoms with E-state index in [1.54, 1.807) is 6.92 Å². The number of carbonyl (C=O) groups is 1. The Bertz CT molecular complexity index is 254. The van der Waals surface area contributed by atoms with Gasteiger partial charge in [-0.15, -0.1) is 0 Å². The van der Waals surface area contributed by atoms with E-state index in [4.69, 9.17) is 0 Å². The van der Waals surface area contributed by atoms with Crippen LogP contribution in [-0.4, -0.2) is 5.78 Å². The van der Waals surface area contributed by atoms with E-state index in [0.29, 0.717) is 17.1 Å². The van der Waals surface area contributed by atoms with Gasteiger partial charge in [-0.05, 0) is 49.9 Å². The number of hydrogen-bond donors (Lipinski definition) is 0.